The standard InChI is InChI=1S/C15H20FN5OS/c16-10-1-2-14-12(7-10)13(19-20-15(17)23)9-21(14)5-3-11-8-18-4-6-22-11/h1-2,7,11,18H,3-6,8-9H2,(H3,17,20,23)/b19-13+. The van der Waals surface area contributed by atoms with Crippen LogP contribution in [0.1, 0.15) is 12.0 Å². The number of nitrogens with one attached hydrogen (secondary N) is 2. The molecular formula is C15H20FN5OS. The molecule has 2 aliphatic rings. The number of nitrogens with zero attached hydrogens (tertiary/aromatic N) is 2. The molecule has 1 fully saturated rings. The smallest absolute Gasteiger partial charge is 0.184 e. The third kappa shape index (κ3) is 3.95. The fraction of sp³-hybridized carbons (Fsp3) is 0.467. The van der Waals surface area contributed by atoms with E-state index in [1.54, 1.807) is 6.07 Å². The van der Waals surface area contributed by atoms with Crippen LogP contribution >= 0.6 is 12.2 Å². The van der Waals surface area contributed by atoms with Gasteiger partial charge in [-0.1, -0.05) is 0 Å². The van der Waals surface area contributed by atoms with Gasteiger partial charge in [0, 0.05) is 30.9 Å². The number of fused-ring (bicyclic) bond motifs is 1. The van der Waals surface area contributed by atoms with Gasteiger partial charge in [-0.3, -0.25) is 5.43 Å². The predicted octanol–water partition coefficient (Wildman–Crippen LogP) is 0.562. The molecule has 2 aliphatic heterocycles. The number of rotatable bonds is 4. The number of halogens is 1. The largest absolute Gasteiger partial charge is 0.376 e. The van der Waals surface area contributed by atoms with Gasteiger partial charge in [-0.05, 0) is 36.8 Å². The minimum absolute atomic E-state index is 0.0931. The summed E-state index contributed by atoms with van der Waals surface area (Å²) in [6, 6.07) is 4.75. The average Bonchev–Trinajstić information content (AvgIpc) is 2.89. The zero-order chi connectivity index (χ0) is 16.2. The quantitative estimate of drug-likeness (QED) is 0.551. The van der Waals surface area contributed by atoms with Crippen molar-refractivity contribution in [3.63, 3.8) is 0 Å². The monoisotopic (exact) mass is 337 g/mol. The summed E-state index contributed by atoms with van der Waals surface area (Å²) in [5.74, 6) is -0.284. The predicted molar refractivity (Wildman–Crippen MR) is 92.3 cm³/mol. The number of morpholine rings is 1. The van der Waals surface area contributed by atoms with E-state index in [2.05, 4.69) is 20.7 Å². The van der Waals surface area contributed by atoms with Gasteiger partial charge in [0.05, 0.1) is 25.0 Å². The zero-order valence-electron chi connectivity index (χ0n) is 12.7. The Morgan fingerprint density at radius 3 is 3.17 bits per heavy atom. The molecule has 0 amide bonds. The molecule has 1 unspecified atom stereocenters. The molecule has 124 valence electrons. The van der Waals surface area contributed by atoms with Gasteiger partial charge in [0.25, 0.3) is 0 Å². The summed E-state index contributed by atoms with van der Waals surface area (Å²) in [6.07, 6.45) is 1.11. The van der Waals surface area contributed by atoms with E-state index < -0.39 is 0 Å². The second-order valence-electron chi connectivity index (χ2n) is 5.60. The van der Waals surface area contributed by atoms with Gasteiger partial charge in [-0.25, -0.2) is 4.39 Å². The lowest BCUT2D eigenvalue weighted by atomic mass is 10.1. The summed E-state index contributed by atoms with van der Waals surface area (Å²) in [7, 11) is 0. The van der Waals surface area contributed by atoms with Gasteiger partial charge >= 0.3 is 0 Å². The fourth-order valence-corrected chi connectivity index (χ4v) is 2.93. The Kier molecular flexibility index (Phi) is 5.04. The van der Waals surface area contributed by atoms with Crippen molar-refractivity contribution >= 4 is 28.7 Å². The average molecular weight is 337 g/mol. The minimum atomic E-state index is -0.284. The fourth-order valence-electron chi connectivity index (χ4n) is 2.89. The molecule has 0 bridgehead atoms. The highest BCUT2D eigenvalue weighted by Crippen LogP contribution is 2.29. The highest BCUT2D eigenvalue weighted by molar-refractivity contribution is 7.80. The van der Waals surface area contributed by atoms with Crippen LogP contribution in [0.25, 0.3) is 0 Å². The lowest BCUT2D eigenvalue weighted by Crippen LogP contribution is -2.40. The normalized spacial score (nSPS) is 22.2. The summed E-state index contributed by atoms with van der Waals surface area (Å²) in [5.41, 5.74) is 10.5. The molecule has 8 heteroatoms. The zero-order valence-corrected chi connectivity index (χ0v) is 13.5. The topological polar surface area (TPSA) is 74.9 Å². The molecule has 1 aromatic rings. The van der Waals surface area contributed by atoms with Gasteiger partial charge in [0.15, 0.2) is 5.11 Å². The molecule has 6 nitrogen and oxygen atoms in total. The Balaban J connectivity index is 1.72. The van der Waals surface area contributed by atoms with Crippen LogP contribution < -0.4 is 21.4 Å². The van der Waals surface area contributed by atoms with Crippen molar-refractivity contribution in [1.29, 1.82) is 0 Å². The van der Waals surface area contributed by atoms with Crippen molar-refractivity contribution in [1.82, 2.24) is 10.7 Å². The van der Waals surface area contributed by atoms with E-state index in [9.17, 15) is 4.39 Å². The number of thiocarbonyl (C=S) groups is 1. The van der Waals surface area contributed by atoms with Crippen LogP contribution in [0.15, 0.2) is 23.3 Å². The van der Waals surface area contributed by atoms with Crippen LogP contribution in [0.3, 0.4) is 0 Å². The summed E-state index contributed by atoms with van der Waals surface area (Å²) < 4.78 is 19.3. The summed E-state index contributed by atoms with van der Waals surface area (Å²) in [5, 5.41) is 7.62. The molecule has 3 rings (SSSR count). The van der Waals surface area contributed by atoms with Crippen molar-refractivity contribution in [3.05, 3.63) is 29.6 Å². The van der Waals surface area contributed by atoms with Crippen LogP contribution in [0.2, 0.25) is 0 Å². The molecule has 2 heterocycles. The Morgan fingerprint density at radius 1 is 1.57 bits per heavy atom. The number of anilines is 1. The molecule has 4 N–H and O–H groups in total. The van der Waals surface area contributed by atoms with Crippen molar-refractivity contribution in [2.75, 3.05) is 37.7 Å². The first-order chi connectivity index (χ1) is 11.1. The maximum absolute atomic E-state index is 13.6. The Labute approximate surface area is 139 Å². The Hall–Kier alpha value is -1.77. The molecule has 23 heavy (non-hydrogen) atoms. The molecule has 0 aliphatic carbocycles. The number of hydrogen-bond acceptors (Lipinski definition) is 5. The molecular weight excluding hydrogens is 317 g/mol. The first-order valence-electron chi connectivity index (χ1n) is 7.62. The van der Waals surface area contributed by atoms with Gasteiger partial charge in [0.2, 0.25) is 0 Å². The van der Waals surface area contributed by atoms with E-state index in [1.165, 1.54) is 12.1 Å². The van der Waals surface area contributed by atoms with E-state index in [0.29, 0.717) is 6.54 Å². The molecule has 0 spiro atoms. The number of hydrogen-bond donors (Lipinski definition) is 3. The third-order valence-corrected chi connectivity index (χ3v) is 4.07. The molecule has 0 aromatic heterocycles. The van der Waals surface area contributed by atoms with Crippen molar-refractivity contribution < 1.29 is 9.13 Å². The van der Waals surface area contributed by atoms with Crippen LogP contribution in [0.5, 0.6) is 0 Å². The lowest BCUT2D eigenvalue weighted by Gasteiger charge is -2.26. The van der Waals surface area contributed by atoms with E-state index in [0.717, 1.165) is 49.6 Å². The third-order valence-electron chi connectivity index (χ3n) is 3.98. The van der Waals surface area contributed by atoms with Crippen LogP contribution in [-0.4, -0.2) is 49.7 Å². The first-order valence-corrected chi connectivity index (χ1v) is 8.03. The second-order valence-corrected chi connectivity index (χ2v) is 6.04. The van der Waals surface area contributed by atoms with Gasteiger partial charge < -0.3 is 20.7 Å². The minimum Gasteiger partial charge on any atom is -0.376 e. The maximum Gasteiger partial charge on any atom is 0.184 e. The first kappa shape index (κ1) is 16.1. The molecule has 1 aromatic carbocycles. The number of hydrazone groups is 1. The van der Waals surface area contributed by atoms with E-state index in [4.69, 9.17) is 22.7 Å². The Bertz CT molecular complexity index is 618. The lowest BCUT2D eigenvalue weighted by molar-refractivity contribution is 0.0250. The van der Waals surface area contributed by atoms with Gasteiger partial charge in [-0.2, -0.15) is 5.10 Å². The summed E-state index contributed by atoms with van der Waals surface area (Å²) in [6.45, 7) is 3.93. The van der Waals surface area contributed by atoms with Gasteiger partial charge in [0.1, 0.15) is 5.82 Å². The Morgan fingerprint density at radius 2 is 2.43 bits per heavy atom. The number of ether oxygens (including phenoxy) is 1. The highest BCUT2D eigenvalue weighted by atomic mass is 32.1. The van der Waals surface area contributed by atoms with Crippen LogP contribution in [0, 0.1) is 5.82 Å². The summed E-state index contributed by atoms with van der Waals surface area (Å²) >= 11 is 4.77. The second kappa shape index (κ2) is 7.20. The van der Waals surface area contributed by atoms with Crippen molar-refractivity contribution in [2.24, 2.45) is 10.8 Å². The van der Waals surface area contributed by atoms with Crippen molar-refractivity contribution in [3.8, 4) is 0 Å². The van der Waals surface area contributed by atoms with Gasteiger partial charge in [-0.15, -0.1) is 0 Å². The molecule has 0 radical (unpaired) electrons. The molecule has 1 saturated heterocycles. The van der Waals surface area contributed by atoms with Crippen molar-refractivity contribution in [2.45, 2.75) is 12.5 Å². The maximum atomic E-state index is 13.6. The van der Waals surface area contributed by atoms with E-state index in [1.807, 2.05) is 0 Å². The molecule has 0 saturated carbocycles. The number of nitrogens with two attached hydrogens (primary N) is 1. The number of benzene rings is 1. The highest BCUT2D eigenvalue weighted by Gasteiger charge is 2.26. The molecule has 1 atom stereocenters. The van der Waals surface area contributed by atoms with Crippen LogP contribution in [-0.2, 0) is 4.74 Å². The summed E-state index contributed by atoms with van der Waals surface area (Å²) in [4.78, 5) is 2.17. The van der Waals surface area contributed by atoms with E-state index >= 15 is 0 Å². The van der Waals surface area contributed by atoms with E-state index in [-0.39, 0.29) is 17.0 Å². The SMILES string of the molecule is NC(=S)N/N=C1\CN(CCC2CNCCO2)c2ccc(F)cc21. The van der Waals surface area contributed by atoms with Crippen LogP contribution in [0.4, 0.5) is 10.1 Å².